The van der Waals surface area contributed by atoms with Gasteiger partial charge in [-0.25, -0.2) is 4.98 Å². The number of carbonyl (C=O) groups excluding carboxylic acids is 1. The molecule has 0 atom stereocenters. The van der Waals surface area contributed by atoms with Crippen LogP contribution < -0.4 is 10.1 Å². The van der Waals surface area contributed by atoms with Crippen LogP contribution in [0.2, 0.25) is 0 Å². The SMILES string of the molecule is Cc1ccc2nc(CNC(=O)c3ccc4c(c3)Cc3cccc(c3)CN(C)CCCCCO4)[nH]c2c1. The number of aryl methyl sites for hydroxylation is 1. The second-order valence-electron chi connectivity index (χ2n) is 9.85. The van der Waals surface area contributed by atoms with Gasteiger partial charge < -0.3 is 19.9 Å². The van der Waals surface area contributed by atoms with Gasteiger partial charge in [0.1, 0.15) is 11.6 Å². The van der Waals surface area contributed by atoms with E-state index in [1.54, 1.807) is 0 Å². The summed E-state index contributed by atoms with van der Waals surface area (Å²) in [7, 11) is 2.18. The molecule has 1 aliphatic rings. The molecule has 2 bridgehead atoms. The van der Waals surface area contributed by atoms with Gasteiger partial charge in [0.05, 0.1) is 24.2 Å². The lowest BCUT2D eigenvalue weighted by Gasteiger charge is -2.19. The Kier molecular flexibility index (Phi) is 7.33. The maximum Gasteiger partial charge on any atom is 0.251 e. The Hall–Kier alpha value is -3.64. The molecule has 186 valence electrons. The second-order valence-corrected chi connectivity index (χ2v) is 9.85. The lowest BCUT2D eigenvalue weighted by Crippen LogP contribution is -2.23. The number of hydrogen-bond donors (Lipinski definition) is 2. The summed E-state index contributed by atoms with van der Waals surface area (Å²) in [6, 6.07) is 20.6. The average molecular weight is 483 g/mol. The van der Waals surface area contributed by atoms with Crippen molar-refractivity contribution in [2.45, 2.75) is 45.7 Å². The van der Waals surface area contributed by atoms with Gasteiger partial charge in [-0.2, -0.15) is 0 Å². The summed E-state index contributed by atoms with van der Waals surface area (Å²) in [5.74, 6) is 1.48. The molecule has 0 unspecified atom stereocenters. The Balaban J connectivity index is 1.34. The fourth-order valence-corrected chi connectivity index (χ4v) is 4.82. The van der Waals surface area contributed by atoms with Gasteiger partial charge in [-0.15, -0.1) is 0 Å². The number of aromatic amines is 1. The lowest BCUT2D eigenvalue weighted by atomic mass is 9.99. The van der Waals surface area contributed by atoms with E-state index in [-0.39, 0.29) is 5.91 Å². The summed E-state index contributed by atoms with van der Waals surface area (Å²) >= 11 is 0. The third kappa shape index (κ3) is 5.94. The molecule has 0 saturated carbocycles. The molecule has 6 heteroatoms. The van der Waals surface area contributed by atoms with Crippen LogP contribution in [0.15, 0.2) is 60.7 Å². The van der Waals surface area contributed by atoms with E-state index >= 15 is 0 Å². The van der Waals surface area contributed by atoms with Crippen LogP contribution in [0.25, 0.3) is 11.0 Å². The first-order valence-corrected chi connectivity index (χ1v) is 12.8. The van der Waals surface area contributed by atoms with Gasteiger partial charge in [0.25, 0.3) is 5.91 Å². The number of imidazole rings is 1. The molecule has 2 heterocycles. The molecule has 0 spiro atoms. The van der Waals surface area contributed by atoms with Crippen molar-refractivity contribution < 1.29 is 9.53 Å². The minimum absolute atomic E-state index is 0.121. The van der Waals surface area contributed by atoms with E-state index in [0.717, 1.165) is 66.9 Å². The highest BCUT2D eigenvalue weighted by Gasteiger charge is 2.14. The quantitative estimate of drug-likeness (QED) is 0.411. The van der Waals surface area contributed by atoms with Crippen molar-refractivity contribution >= 4 is 16.9 Å². The van der Waals surface area contributed by atoms with Gasteiger partial charge in [0, 0.05) is 18.5 Å². The Morgan fingerprint density at radius 2 is 1.94 bits per heavy atom. The van der Waals surface area contributed by atoms with Crippen LogP contribution >= 0.6 is 0 Å². The van der Waals surface area contributed by atoms with E-state index in [4.69, 9.17) is 4.74 Å². The van der Waals surface area contributed by atoms with Gasteiger partial charge in [-0.1, -0.05) is 30.3 Å². The zero-order chi connectivity index (χ0) is 24.9. The molecule has 1 aliphatic heterocycles. The van der Waals surface area contributed by atoms with E-state index < -0.39 is 0 Å². The maximum atomic E-state index is 13.0. The molecule has 0 radical (unpaired) electrons. The van der Waals surface area contributed by atoms with E-state index in [9.17, 15) is 4.79 Å². The van der Waals surface area contributed by atoms with Gasteiger partial charge >= 0.3 is 0 Å². The number of benzene rings is 3. The number of nitrogens with one attached hydrogen (secondary N) is 2. The van der Waals surface area contributed by atoms with Crippen molar-refractivity contribution in [1.29, 1.82) is 0 Å². The molecular weight excluding hydrogens is 448 g/mol. The number of hydrogen-bond acceptors (Lipinski definition) is 4. The highest BCUT2D eigenvalue weighted by Crippen LogP contribution is 2.25. The van der Waals surface area contributed by atoms with E-state index in [1.807, 2.05) is 30.3 Å². The van der Waals surface area contributed by atoms with Crippen molar-refractivity contribution in [2.75, 3.05) is 20.2 Å². The Labute approximate surface area is 212 Å². The normalized spacial score (nSPS) is 15.1. The number of fused-ring (bicyclic) bond motifs is 4. The molecule has 5 rings (SSSR count). The molecule has 0 aliphatic carbocycles. The Bertz CT molecular complexity index is 1360. The standard InChI is InChI=1S/C30H34N4O2/c1-21-9-11-26-27(15-21)33-29(32-26)19-31-30(35)24-10-12-28-25(18-24)17-22-7-6-8-23(16-22)20-34(2)13-4-3-5-14-36-28/h6-12,15-16,18H,3-5,13-14,17,19-20H2,1-2H3,(H,31,35)(H,32,33). The third-order valence-electron chi connectivity index (χ3n) is 6.71. The predicted octanol–water partition coefficient (Wildman–Crippen LogP) is 5.39. The fourth-order valence-electron chi connectivity index (χ4n) is 4.82. The molecule has 36 heavy (non-hydrogen) atoms. The minimum atomic E-state index is -0.121. The van der Waals surface area contributed by atoms with Crippen molar-refractivity contribution in [3.8, 4) is 5.75 Å². The molecule has 0 fully saturated rings. The van der Waals surface area contributed by atoms with Gasteiger partial charge in [-0.05, 0) is 92.4 Å². The van der Waals surface area contributed by atoms with Gasteiger partial charge in [0.15, 0.2) is 0 Å². The number of amides is 1. The molecule has 1 amide bonds. The first-order valence-electron chi connectivity index (χ1n) is 12.8. The molecule has 4 aromatic rings. The van der Waals surface area contributed by atoms with Crippen LogP contribution in [-0.2, 0) is 19.5 Å². The number of ether oxygens (including phenoxy) is 1. The van der Waals surface area contributed by atoms with Crippen molar-refractivity contribution in [2.24, 2.45) is 0 Å². The second kappa shape index (κ2) is 11.0. The van der Waals surface area contributed by atoms with Crippen LogP contribution in [0, 0.1) is 6.92 Å². The Morgan fingerprint density at radius 1 is 1.06 bits per heavy atom. The summed E-state index contributed by atoms with van der Waals surface area (Å²) in [6.45, 7) is 5.12. The third-order valence-corrected chi connectivity index (χ3v) is 6.71. The Morgan fingerprint density at radius 3 is 2.86 bits per heavy atom. The molecule has 2 N–H and O–H groups in total. The number of aromatic nitrogens is 2. The summed E-state index contributed by atoms with van der Waals surface area (Å²) in [6.07, 6.45) is 4.05. The number of rotatable bonds is 3. The summed E-state index contributed by atoms with van der Waals surface area (Å²) in [4.78, 5) is 23.3. The van der Waals surface area contributed by atoms with Crippen molar-refractivity contribution in [3.63, 3.8) is 0 Å². The number of nitrogens with zero attached hydrogens (tertiary/aromatic N) is 2. The minimum Gasteiger partial charge on any atom is -0.493 e. The van der Waals surface area contributed by atoms with Crippen LogP contribution in [0.3, 0.4) is 0 Å². The molecule has 1 aromatic heterocycles. The van der Waals surface area contributed by atoms with Crippen LogP contribution in [0.5, 0.6) is 5.75 Å². The van der Waals surface area contributed by atoms with E-state index in [1.165, 1.54) is 16.7 Å². The molecular formula is C30H34N4O2. The van der Waals surface area contributed by atoms with E-state index in [0.29, 0.717) is 18.7 Å². The largest absolute Gasteiger partial charge is 0.493 e. The first-order chi connectivity index (χ1) is 17.5. The monoisotopic (exact) mass is 482 g/mol. The fraction of sp³-hybridized carbons (Fsp3) is 0.333. The summed E-state index contributed by atoms with van der Waals surface area (Å²) in [5.41, 5.74) is 7.25. The lowest BCUT2D eigenvalue weighted by molar-refractivity contribution is 0.0950. The topological polar surface area (TPSA) is 70.2 Å². The van der Waals surface area contributed by atoms with Crippen LogP contribution in [-0.4, -0.2) is 41.0 Å². The predicted molar refractivity (Wildman–Crippen MR) is 143 cm³/mol. The van der Waals surface area contributed by atoms with Gasteiger partial charge in [0.2, 0.25) is 0 Å². The highest BCUT2D eigenvalue weighted by atomic mass is 16.5. The summed E-state index contributed by atoms with van der Waals surface area (Å²) < 4.78 is 6.18. The molecule has 0 saturated heterocycles. The van der Waals surface area contributed by atoms with Crippen molar-refractivity contribution in [1.82, 2.24) is 20.2 Å². The zero-order valence-corrected chi connectivity index (χ0v) is 21.1. The molecule has 3 aromatic carbocycles. The smallest absolute Gasteiger partial charge is 0.251 e. The highest BCUT2D eigenvalue weighted by molar-refractivity contribution is 5.94. The van der Waals surface area contributed by atoms with Crippen LogP contribution in [0.1, 0.15) is 57.7 Å². The van der Waals surface area contributed by atoms with Crippen LogP contribution in [0.4, 0.5) is 0 Å². The summed E-state index contributed by atoms with van der Waals surface area (Å²) in [5, 5.41) is 3.01. The van der Waals surface area contributed by atoms with Crippen molar-refractivity contribution in [3.05, 3.63) is 94.3 Å². The average Bonchev–Trinajstić information content (AvgIpc) is 3.27. The first kappa shape index (κ1) is 24.1. The van der Waals surface area contributed by atoms with E-state index in [2.05, 4.69) is 64.5 Å². The zero-order valence-electron chi connectivity index (χ0n) is 21.1. The maximum absolute atomic E-state index is 13.0. The molecule has 6 nitrogen and oxygen atoms in total. The number of carbonyl (C=O) groups is 1. The number of H-pyrrole nitrogens is 1. The van der Waals surface area contributed by atoms with Gasteiger partial charge in [-0.3, -0.25) is 4.79 Å².